The van der Waals surface area contributed by atoms with Crippen LogP contribution >= 0.6 is 0 Å². The number of likely N-dealkylation sites (tertiary alicyclic amines) is 1. The Morgan fingerprint density at radius 1 is 1.22 bits per heavy atom. The van der Waals surface area contributed by atoms with Gasteiger partial charge in [-0.05, 0) is 39.3 Å². The molecule has 1 unspecified atom stereocenters. The first-order valence-corrected chi connectivity index (χ1v) is 11.3. The summed E-state index contributed by atoms with van der Waals surface area (Å²) in [6.45, 7) is 5.76. The average molecular weight is 522 g/mol. The number of alkyl halides is 3. The highest BCUT2D eigenvalue weighted by Gasteiger charge is 2.39. The molecule has 3 aromatic rings. The quantitative estimate of drug-likeness (QED) is 0.520. The summed E-state index contributed by atoms with van der Waals surface area (Å²) < 4.78 is 54.8. The number of para-hydroxylation sites is 1. The van der Waals surface area contributed by atoms with Gasteiger partial charge < -0.3 is 24.1 Å². The fourth-order valence-electron chi connectivity index (χ4n) is 3.92. The van der Waals surface area contributed by atoms with Crippen molar-refractivity contribution in [2.75, 3.05) is 6.54 Å². The van der Waals surface area contributed by atoms with Crippen molar-refractivity contribution >= 4 is 12.0 Å². The van der Waals surface area contributed by atoms with Gasteiger partial charge in [0.05, 0.1) is 30.5 Å². The second kappa shape index (κ2) is 10.1. The molecule has 0 bridgehead atoms. The number of halogens is 3. The molecule has 2 aromatic heterocycles. The number of nitrogens with zero attached hydrogens (tertiary/aromatic N) is 5. The lowest BCUT2D eigenvalue weighted by molar-refractivity contribution is -0.274. The minimum Gasteiger partial charge on any atom is -0.444 e. The van der Waals surface area contributed by atoms with Crippen LogP contribution in [0.2, 0.25) is 0 Å². The van der Waals surface area contributed by atoms with Gasteiger partial charge in [-0.25, -0.2) is 9.78 Å². The third-order valence-electron chi connectivity index (χ3n) is 5.33. The van der Waals surface area contributed by atoms with Crippen LogP contribution in [0.1, 0.15) is 37.9 Å². The zero-order valence-electron chi connectivity index (χ0n) is 20.2. The number of hydrogen-bond acceptors (Lipinski definition) is 8. The Kier molecular flexibility index (Phi) is 7.09. The number of aromatic nitrogens is 4. The van der Waals surface area contributed by atoms with Crippen LogP contribution in [0.25, 0.3) is 11.3 Å². The van der Waals surface area contributed by atoms with Crippen LogP contribution in [0.3, 0.4) is 0 Å². The van der Waals surface area contributed by atoms with Crippen LogP contribution in [0.5, 0.6) is 5.75 Å². The molecule has 1 fully saturated rings. The summed E-state index contributed by atoms with van der Waals surface area (Å²) in [6, 6.07) is 4.55. The third-order valence-corrected chi connectivity index (χ3v) is 5.33. The summed E-state index contributed by atoms with van der Waals surface area (Å²) in [5, 5.41) is 10.5. The summed E-state index contributed by atoms with van der Waals surface area (Å²) in [4.78, 5) is 31.1. The number of nitrogens with one attached hydrogen (secondary N) is 1. The van der Waals surface area contributed by atoms with E-state index >= 15 is 0 Å². The molecule has 1 aromatic carbocycles. The Morgan fingerprint density at radius 3 is 2.65 bits per heavy atom. The lowest BCUT2D eigenvalue weighted by atomic mass is 10.1. The van der Waals surface area contributed by atoms with E-state index in [0.717, 1.165) is 12.3 Å². The van der Waals surface area contributed by atoms with E-state index < -0.39 is 35.8 Å². The van der Waals surface area contributed by atoms with E-state index in [1.807, 2.05) is 0 Å². The van der Waals surface area contributed by atoms with Crippen molar-refractivity contribution in [1.29, 1.82) is 0 Å². The Bertz CT molecular complexity index is 1240. The Hall–Kier alpha value is -4.10. The zero-order valence-corrected chi connectivity index (χ0v) is 20.2. The minimum absolute atomic E-state index is 0.0174. The van der Waals surface area contributed by atoms with Crippen molar-refractivity contribution in [1.82, 2.24) is 30.2 Å². The SMILES string of the molecule is CC(C)(C)OC(=O)N1CC(NC(=O)c2ncc(-c3ccccc3OC(F)(F)F)o2)C[C@@H]1Cn1ccnn1. The molecule has 14 heteroatoms. The summed E-state index contributed by atoms with van der Waals surface area (Å²) in [7, 11) is 0. The van der Waals surface area contributed by atoms with Gasteiger partial charge in [-0.15, -0.1) is 18.3 Å². The molecule has 1 aliphatic heterocycles. The van der Waals surface area contributed by atoms with Crippen LogP contribution in [0, 0.1) is 0 Å². The third kappa shape index (κ3) is 6.77. The standard InChI is InChI=1S/C23H25F3N6O5/c1-22(2,3)37-21(34)32-12-14(10-15(32)13-31-9-8-28-30-31)29-19(33)20-27-11-18(35-20)16-6-4-5-7-17(16)36-23(24,25)26/h4-9,11,14-15H,10,12-13H2,1-3H3,(H,29,33)/t14?,15-/m1/s1. The normalized spacial score (nSPS) is 18.1. The predicted octanol–water partition coefficient (Wildman–Crippen LogP) is 3.64. The molecule has 1 N–H and O–H groups in total. The van der Waals surface area contributed by atoms with Crippen molar-refractivity contribution in [3.63, 3.8) is 0 Å². The minimum atomic E-state index is -4.90. The van der Waals surface area contributed by atoms with Gasteiger partial charge in [0.25, 0.3) is 5.89 Å². The van der Waals surface area contributed by atoms with E-state index in [0.29, 0.717) is 13.0 Å². The fourth-order valence-corrected chi connectivity index (χ4v) is 3.92. The number of oxazole rings is 1. The summed E-state index contributed by atoms with van der Waals surface area (Å²) in [5.74, 6) is -1.59. The zero-order chi connectivity index (χ0) is 26.8. The largest absolute Gasteiger partial charge is 0.573 e. The van der Waals surface area contributed by atoms with Gasteiger partial charge in [0.2, 0.25) is 0 Å². The molecule has 2 atom stereocenters. The molecule has 3 heterocycles. The summed E-state index contributed by atoms with van der Waals surface area (Å²) in [5.41, 5.74) is -0.729. The molecule has 0 saturated carbocycles. The average Bonchev–Trinajstić information content (AvgIpc) is 3.53. The molecule has 1 aliphatic rings. The molecule has 2 amide bonds. The van der Waals surface area contributed by atoms with Gasteiger partial charge in [-0.3, -0.25) is 9.48 Å². The molecule has 1 saturated heterocycles. The number of carbonyl (C=O) groups is 2. The number of hydrogen-bond donors (Lipinski definition) is 1. The van der Waals surface area contributed by atoms with E-state index in [-0.39, 0.29) is 29.8 Å². The van der Waals surface area contributed by atoms with Crippen molar-refractivity contribution in [3.8, 4) is 17.1 Å². The maximum Gasteiger partial charge on any atom is 0.573 e. The number of ether oxygens (including phenoxy) is 2. The molecule has 198 valence electrons. The van der Waals surface area contributed by atoms with Gasteiger partial charge in [-0.2, -0.15) is 0 Å². The van der Waals surface area contributed by atoms with Crippen LogP contribution < -0.4 is 10.1 Å². The predicted molar refractivity (Wildman–Crippen MR) is 121 cm³/mol. The molecular formula is C23H25F3N6O5. The van der Waals surface area contributed by atoms with Crippen LogP contribution in [0.4, 0.5) is 18.0 Å². The van der Waals surface area contributed by atoms with Crippen molar-refractivity contribution in [2.45, 2.75) is 57.8 Å². The summed E-state index contributed by atoms with van der Waals surface area (Å²) >= 11 is 0. The van der Waals surface area contributed by atoms with Crippen LogP contribution in [0.15, 0.2) is 47.3 Å². The fraction of sp³-hybridized carbons (Fsp3) is 0.435. The van der Waals surface area contributed by atoms with E-state index in [1.165, 1.54) is 29.3 Å². The molecule has 0 radical (unpaired) electrons. The molecule has 0 aliphatic carbocycles. The van der Waals surface area contributed by atoms with E-state index in [4.69, 9.17) is 9.15 Å². The molecule has 4 rings (SSSR count). The van der Waals surface area contributed by atoms with E-state index in [9.17, 15) is 22.8 Å². The van der Waals surface area contributed by atoms with Gasteiger partial charge in [0, 0.05) is 18.8 Å². The van der Waals surface area contributed by atoms with Gasteiger partial charge in [0.15, 0.2) is 5.76 Å². The first-order valence-electron chi connectivity index (χ1n) is 11.3. The van der Waals surface area contributed by atoms with Crippen molar-refractivity contribution < 1.29 is 36.7 Å². The Morgan fingerprint density at radius 2 is 1.97 bits per heavy atom. The Labute approximate surface area is 209 Å². The molecular weight excluding hydrogens is 497 g/mol. The highest BCUT2D eigenvalue weighted by Crippen LogP contribution is 2.34. The van der Waals surface area contributed by atoms with Gasteiger partial charge in [0.1, 0.15) is 11.4 Å². The number of benzene rings is 1. The van der Waals surface area contributed by atoms with Gasteiger partial charge >= 0.3 is 18.4 Å². The lowest BCUT2D eigenvalue weighted by Crippen LogP contribution is -2.43. The van der Waals surface area contributed by atoms with Crippen LogP contribution in [-0.4, -0.2) is 67.5 Å². The highest BCUT2D eigenvalue weighted by molar-refractivity contribution is 5.90. The molecule has 0 spiro atoms. The lowest BCUT2D eigenvalue weighted by Gasteiger charge is -2.28. The first kappa shape index (κ1) is 26.0. The second-order valence-corrected chi connectivity index (χ2v) is 9.39. The molecule has 11 nitrogen and oxygen atoms in total. The smallest absolute Gasteiger partial charge is 0.444 e. The topological polar surface area (TPSA) is 125 Å². The van der Waals surface area contributed by atoms with Gasteiger partial charge in [-0.1, -0.05) is 17.3 Å². The monoisotopic (exact) mass is 522 g/mol. The number of amides is 2. The number of carbonyl (C=O) groups excluding carboxylic acids is 2. The highest BCUT2D eigenvalue weighted by atomic mass is 19.4. The van der Waals surface area contributed by atoms with Crippen molar-refractivity contribution in [3.05, 3.63) is 48.7 Å². The summed E-state index contributed by atoms with van der Waals surface area (Å²) in [6.07, 6.45) is -0.725. The second-order valence-electron chi connectivity index (χ2n) is 9.39. The number of rotatable bonds is 6. The van der Waals surface area contributed by atoms with Crippen molar-refractivity contribution in [2.24, 2.45) is 0 Å². The first-order chi connectivity index (χ1) is 17.4. The Balaban J connectivity index is 1.47. The maximum absolute atomic E-state index is 12.8. The van der Waals surface area contributed by atoms with Crippen LogP contribution in [-0.2, 0) is 11.3 Å². The van der Waals surface area contributed by atoms with E-state index in [2.05, 4.69) is 25.3 Å². The molecule has 37 heavy (non-hydrogen) atoms. The maximum atomic E-state index is 12.8. The van der Waals surface area contributed by atoms with E-state index in [1.54, 1.807) is 31.6 Å².